The highest BCUT2D eigenvalue weighted by molar-refractivity contribution is 5.48. The highest BCUT2D eigenvalue weighted by Gasteiger charge is 1.98. The first kappa shape index (κ1) is 9.86. The Bertz CT molecular complexity index is 246. The summed E-state index contributed by atoms with van der Waals surface area (Å²) in [6, 6.07) is 7.94. The van der Waals surface area contributed by atoms with Gasteiger partial charge in [-0.3, -0.25) is 0 Å². The van der Waals surface area contributed by atoms with Gasteiger partial charge in [-0.15, -0.1) is 0 Å². The maximum absolute atomic E-state index is 5.46. The van der Waals surface area contributed by atoms with Crippen molar-refractivity contribution in [1.82, 2.24) is 0 Å². The van der Waals surface area contributed by atoms with Gasteiger partial charge in [0, 0.05) is 25.8 Å². The minimum Gasteiger partial charge on any atom is -0.497 e. The third kappa shape index (κ3) is 2.63. The normalized spacial score (nSPS) is 9.77. The van der Waals surface area contributed by atoms with Crippen LogP contribution in [-0.4, -0.2) is 27.2 Å². The molecule has 0 aliphatic heterocycles. The minimum absolute atomic E-state index is 0.669. The number of rotatable bonds is 4. The molecule has 3 nitrogen and oxygen atoms in total. The summed E-state index contributed by atoms with van der Waals surface area (Å²) in [5.74, 6) is 0.880. The van der Waals surface area contributed by atoms with E-state index in [1.54, 1.807) is 7.11 Å². The molecule has 0 saturated heterocycles. The van der Waals surface area contributed by atoms with Gasteiger partial charge in [0.2, 0.25) is 0 Å². The maximum atomic E-state index is 5.46. The SMILES string of the molecule is COc1ccc(N(C)CCN)cc1. The van der Waals surface area contributed by atoms with E-state index < -0.39 is 0 Å². The Hall–Kier alpha value is -1.22. The van der Waals surface area contributed by atoms with E-state index in [4.69, 9.17) is 10.5 Å². The van der Waals surface area contributed by atoms with Gasteiger partial charge in [-0.25, -0.2) is 0 Å². The molecule has 2 N–H and O–H groups in total. The van der Waals surface area contributed by atoms with Crippen molar-refractivity contribution >= 4 is 5.69 Å². The van der Waals surface area contributed by atoms with Crippen LogP contribution in [0.2, 0.25) is 0 Å². The number of nitrogens with zero attached hydrogens (tertiary/aromatic N) is 1. The Labute approximate surface area is 79.1 Å². The Morgan fingerprint density at radius 1 is 1.31 bits per heavy atom. The number of benzene rings is 1. The van der Waals surface area contributed by atoms with Crippen LogP contribution in [0, 0.1) is 0 Å². The van der Waals surface area contributed by atoms with Gasteiger partial charge < -0.3 is 15.4 Å². The van der Waals surface area contributed by atoms with Gasteiger partial charge >= 0.3 is 0 Å². The quantitative estimate of drug-likeness (QED) is 0.753. The van der Waals surface area contributed by atoms with Crippen LogP contribution in [-0.2, 0) is 0 Å². The van der Waals surface area contributed by atoms with Crippen LogP contribution in [0.3, 0.4) is 0 Å². The predicted octanol–water partition coefficient (Wildman–Crippen LogP) is 1.09. The number of methoxy groups -OCH3 is 1. The molecule has 0 aromatic heterocycles. The lowest BCUT2D eigenvalue weighted by atomic mass is 10.3. The van der Waals surface area contributed by atoms with Crippen molar-refractivity contribution in [3.63, 3.8) is 0 Å². The van der Waals surface area contributed by atoms with E-state index in [2.05, 4.69) is 4.90 Å². The summed E-state index contributed by atoms with van der Waals surface area (Å²) >= 11 is 0. The first-order chi connectivity index (χ1) is 6.27. The summed E-state index contributed by atoms with van der Waals surface area (Å²) in [6.07, 6.45) is 0. The first-order valence-corrected chi connectivity index (χ1v) is 4.33. The molecule has 1 aromatic rings. The molecule has 0 fully saturated rings. The average Bonchev–Trinajstić information content (AvgIpc) is 2.18. The van der Waals surface area contributed by atoms with Crippen molar-refractivity contribution in [2.24, 2.45) is 5.73 Å². The Morgan fingerprint density at radius 2 is 1.92 bits per heavy atom. The minimum atomic E-state index is 0.669. The molecule has 0 bridgehead atoms. The number of hydrogen-bond acceptors (Lipinski definition) is 3. The van der Waals surface area contributed by atoms with Gasteiger partial charge in [0.25, 0.3) is 0 Å². The zero-order valence-electron chi connectivity index (χ0n) is 8.16. The molecule has 0 heterocycles. The zero-order valence-corrected chi connectivity index (χ0v) is 8.16. The van der Waals surface area contributed by atoms with Gasteiger partial charge in [0.1, 0.15) is 5.75 Å². The third-order valence-electron chi connectivity index (χ3n) is 1.98. The van der Waals surface area contributed by atoms with Crippen LogP contribution in [0.25, 0.3) is 0 Å². The van der Waals surface area contributed by atoms with E-state index >= 15 is 0 Å². The lowest BCUT2D eigenvalue weighted by Gasteiger charge is -2.18. The molecule has 3 heteroatoms. The number of ether oxygens (including phenoxy) is 1. The molecule has 0 aliphatic carbocycles. The maximum Gasteiger partial charge on any atom is 0.119 e. The van der Waals surface area contributed by atoms with E-state index in [1.165, 1.54) is 0 Å². The number of anilines is 1. The largest absolute Gasteiger partial charge is 0.497 e. The van der Waals surface area contributed by atoms with Crippen LogP contribution in [0.15, 0.2) is 24.3 Å². The molecule has 1 aromatic carbocycles. The molecular formula is C10H16N2O. The van der Waals surface area contributed by atoms with Gasteiger partial charge in [0.15, 0.2) is 0 Å². The molecule has 0 saturated carbocycles. The molecule has 0 radical (unpaired) electrons. The van der Waals surface area contributed by atoms with E-state index in [-0.39, 0.29) is 0 Å². The molecule has 1 rings (SSSR count). The summed E-state index contributed by atoms with van der Waals surface area (Å²) in [4.78, 5) is 2.11. The van der Waals surface area contributed by atoms with E-state index in [1.807, 2.05) is 31.3 Å². The fourth-order valence-electron chi connectivity index (χ4n) is 1.16. The van der Waals surface area contributed by atoms with Crippen LogP contribution < -0.4 is 15.4 Å². The Morgan fingerprint density at radius 3 is 2.38 bits per heavy atom. The summed E-state index contributed by atoms with van der Waals surface area (Å²) in [7, 11) is 3.69. The van der Waals surface area contributed by atoms with Crippen LogP contribution in [0.4, 0.5) is 5.69 Å². The summed E-state index contributed by atoms with van der Waals surface area (Å²) < 4.78 is 5.07. The topological polar surface area (TPSA) is 38.5 Å². The second-order valence-corrected chi connectivity index (χ2v) is 2.91. The van der Waals surface area contributed by atoms with Crippen molar-refractivity contribution in [3.8, 4) is 5.75 Å². The predicted molar refractivity (Wildman–Crippen MR) is 55.3 cm³/mol. The fourth-order valence-corrected chi connectivity index (χ4v) is 1.16. The smallest absolute Gasteiger partial charge is 0.119 e. The Kier molecular flexibility index (Phi) is 3.58. The summed E-state index contributed by atoms with van der Waals surface area (Å²) in [5.41, 5.74) is 6.62. The molecule has 0 amide bonds. The molecule has 72 valence electrons. The zero-order chi connectivity index (χ0) is 9.68. The highest BCUT2D eigenvalue weighted by atomic mass is 16.5. The molecule has 0 spiro atoms. The lowest BCUT2D eigenvalue weighted by molar-refractivity contribution is 0.415. The molecule has 13 heavy (non-hydrogen) atoms. The van der Waals surface area contributed by atoms with Gasteiger partial charge in [-0.05, 0) is 24.3 Å². The second kappa shape index (κ2) is 4.72. The van der Waals surface area contributed by atoms with Gasteiger partial charge in [-0.2, -0.15) is 0 Å². The number of nitrogens with two attached hydrogens (primary N) is 1. The van der Waals surface area contributed by atoms with Gasteiger partial charge in [-0.1, -0.05) is 0 Å². The van der Waals surface area contributed by atoms with Crippen molar-refractivity contribution < 1.29 is 4.74 Å². The molecule has 0 unspecified atom stereocenters. The van der Waals surface area contributed by atoms with Crippen LogP contribution in [0.1, 0.15) is 0 Å². The van der Waals surface area contributed by atoms with Crippen LogP contribution in [0.5, 0.6) is 5.75 Å². The van der Waals surface area contributed by atoms with Crippen molar-refractivity contribution in [2.45, 2.75) is 0 Å². The Balaban J connectivity index is 2.67. The third-order valence-corrected chi connectivity index (χ3v) is 1.98. The van der Waals surface area contributed by atoms with Crippen molar-refractivity contribution in [1.29, 1.82) is 0 Å². The van der Waals surface area contributed by atoms with Crippen molar-refractivity contribution in [3.05, 3.63) is 24.3 Å². The number of likely N-dealkylation sites (N-methyl/N-ethyl adjacent to an activating group) is 1. The fraction of sp³-hybridized carbons (Fsp3) is 0.400. The van der Waals surface area contributed by atoms with Gasteiger partial charge in [0.05, 0.1) is 7.11 Å². The summed E-state index contributed by atoms with van der Waals surface area (Å²) in [6.45, 7) is 1.54. The lowest BCUT2D eigenvalue weighted by Crippen LogP contribution is -2.24. The van der Waals surface area contributed by atoms with E-state index in [0.717, 1.165) is 18.0 Å². The van der Waals surface area contributed by atoms with Crippen LogP contribution >= 0.6 is 0 Å². The first-order valence-electron chi connectivity index (χ1n) is 4.33. The van der Waals surface area contributed by atoms with E-state index in [9.17, 15) is 0 Å². The standard InChI is InChI=1S/C10H16N2O/c1-12(8-7-11)9-3-5-10(13-2)6-4-9/h3-6H,7-8,11H2,1-2H3. The van der Waals surface area contributed by atoms with Crippen molar-refractivity contribution in [2.75, 3.05) is 32.1 Å². The molecule has 0 aliphatic rings. The average molecular weight is 180 g/mol. The highest BCUT2D eigenvalue weighted by Crippen LogP contribution is 2.17. The van der Waals surface area contributed by atoms with E-state index in [0.29, 0.717) is 6.54 Å². The monoisotopic (exact) mass is 180 g/mol. The molecule has 0 atom stereocenters. The second-order valence-electron chi connectivity index (χ2n) is 2.91. The summed E-state index contributed by atoms with van der Waals surface area (Å²) in [5, 5.41) is 0. The number of hydrogen-bond donors (Lipinski definition) is 1. The molecular weight excluding hydrogens is 164 g/mol.